The molecule has 1 N–H and O–H groups in total. The van der Waals surface area contributed by atoms with Gasteiger partial charge in [-0.05, 0) is 13.3 Å². The van der Waals surface area contributed by atoms with E-state index < -0.39 is 0 Å². The van der Waals surface area contributed by atoms with E-state index in [0.717, 1.165) is 5.57 Å². The lowest BCUT2D eigenvalue weighted by Gasteiger charge is -1.73. The lowest BCUT2D eigenvalue weighted by molar-refractivity contribution is 0.303. The highest BCUT2D eigenvalue weighted by atomic mass is 16.2. The van der Waals surface area contributed by atoms with Crippen molar-refractivity contribution in [1.29, 1.82) is 0 Å². The van der Waals surface area contributed by atoms with E-state index in [1.807, 2.05) is 6.92 Å². The third-order valence-corrected chi connectivity index (χ3v) is 0.682. The van der Waals surface area contributed by atoms with Crippen LogP contribution in [0.3, 0.4) is 0 Å². The molecule has 0 aliphatic rings. The summed E-state index contributed by atoms with van der Waals surface area (Å²) in [5.74, 6) is 0. The van der Waals surface area contributed by atoms with Crippen molar-refractivity contribution in [3.8, 4) is 0 Å². The summed E-state index contributed by atoms with van der Waals surface area (Å²) in [5, 5.41) is 8.00. The Kier molecular flexibility index (Phi) is 13.2. The first kappa shape index (κ1) is 11.9. The fraction of sp³-hybridized carbons (Fsp3) is 0.333. The van der Waals surface area contributed by atoms with Gasteiger partial charge in [0.1, 0.15) is 0 Å². The number of allylic oxidation sites excluding steroid dienone is 2. The Morgan fingerprint density at radius 2 is 1.90 bits per heavy atom. The zero-order valence-electron chi connectivity index (χ0n) is 6.64. The minimum absolute atomic E-state index is 0.226. The number of aliphatic hydroxyl groups is 1. The van der Waals surface area contributed by atoms with Crippen LogP contribution in [0.1, 0.15) is 13.3 Å². The molecule has 0 saturated heterocycles. The van der Waals surface area contributed by atoms with Crippen molar-refractivity contribution in [1.82, 2.24) is 0 Å². The molecule has 1 heteroatoms. The molecule has 0 atom stereocenters. The van der Waals surface area contributed by atoms with Gasteiger partial charge in [0, 0.05) is 6.61 Å². The van der Waals surface area contributed by atoms with E-state index in [4.69, 9.17) is 5.11 Å². The number of aliphatic hydroxyl groups excluding tert-OH is 1. The molecule has 0 aromatic carbocycles. The Balaban J connectivity index is 0. The Hall–Kier alpha value is -0.820. The molecule has 0 saturated carbocycles. The largest absolute Gasteiger partial charge is 0.396 e. The van der Waals surface area contributed by atoms with Gasteiger partial charge in [-0.1, -0.05) is 30.9 Å². The summed E-state index contributed by atoms with van der Waals surface area (Å²) in [6.07, 6.45) is 4.11. The molecular weight excluding hydrogens is 124 g/mol. The van der Waals surface area contributed by atoms with Gasteiger partial charge >= 0.3 is 0 Å². The van der Waals surface area contributed by atoms with Crippen molar-refractivity contribution in [2.45, 2.75) is 13.3 Å². The molecule has 0 aromatic heterocycles. The molecule has 0 heterocycles. The Labute approximate surface area is 63.4 Å². The summed E-state index contributed by atoms with van der Waals surface area (Å²) >= 11 is 0. The van der Waals surface area contributed by atoms with Crippen LogP contribution < -0.4 is 0 Å². The maximum atomic E-state index is 8.00. The minimum atomic E-state index is 0.226. The molecule has 0 amide bonds. The van der Waals surface area contributed by atoms with Gasteiger partial charge in [0.25, 0.3) is 0 Å². The van der Waals surface area contributed by atoms with E-state index in [2.05, 4.69) is 19.7 Å². The third kappa shape index (κ3) is 27.1. The fourth-order valence-electron chi connectivity index (χ4n) is 0.0913. The van der Waals surface area contributed by atoms with E-state index in [-0.39, 0.29) is 6.61 Å². The normalized spacial score (nSPS) is 7.00. The van der Waals surface area contributed by atoms with Gasteiger partial charge in [-0.3, -0.25) is 0 Å². The van der Waals surface area contributed by atoms with Crippen LogP contribution in [0.2, 0.25) is 0 Å². The van der Waals surface area contributed by atoms with Crippen LogP contribution >= 0.6 is 0 Å². The Morgan fingerprint density at radius 1 is 1.50 bits per heavy atom. The zero-order valence-corrected chi connectivity index (χ0v) is 6.64. The summed E-state index contributed by atoms with van der Waals surface area (Å²) in [4.78, 5) is 0. The topological polar surface area (TPSA) is 20.2 Å². The highest BCUT2D eigenvalue weighted by Gasteiger charge is 1.62. The molecule has 1 nitrogen and oxygen atoms in total. The Morgan fingerprint density at radius 3 is 1.90 bits per heavy atom. The van der Waals surface area contributed by atoms with E-state index in [9.17, 15) is 0 Å². The van der Waals surface area contributed by atoms with Gasteiger partial charge in [-0.2, -0.15) is 0 Å². The van der Waals surface area contributed by atoms with Crippen LogP contribution in [0.4, 0.5) is 0 Å². The van der Waals surface area contributed by atoms with Gasteiger partial charge < -0.3 is 5.11 Å². The van der Waals surface area contributed by atoms with E-state index in [1.165, 1.54) is 0 Å². The van der Waals surface area contributed by atoms with Crippen LogP contribution in [-0.2, 0) is 0 Å². The van der Waals surface area contributed by atoms with E-state index in [0.29, 0.717) is 6.42 Å². The van der Waals surface area contributed by atoms with Crippen LogP contribution in [0.25, 0.3) is 0 Å². The van der Waals surface area contributed by atoms with Crippen molar-refractivity contribution in [3.05, 3.63) is 37.5 Å². The zero-order chi connectivity index (χ0) is 8.41. The number of hydrogen-bond acceptors (Lipinski definition) is 1. The van der Waals surface area contributed by atoms with Crippen molar-refractivity contribution >= 4 is 0 Å². The molecule has 58 valence electrons. The summed E-state index contributed by atoms with van der Waals surface area (Å²) < 4.78 is 0. The quantitative estimate of drug-likeness (QED) is 0.471. The van der Waals surface area contributed by atoms with Gasteiger partial charge in [-0.25, -0.2) is 0 Å². The highest BCUT2D eigenvalue weighted by Crippen LogP contribution is 1.81. The van der Waals surface area contributed by atoms with Crippen LogP contribution in [0, 0.1) is 0 Å². The standard InChI is InChI=1S/C5H8.C4H8O/c1-4-5(2)3;1-2-3-4-5/h4H,1-2H2,3H3;2,5H,1,3-4H2. The molecule has 0 fully saturated rings. The van der Waals surface area contributed by atoms with E-state index in [1.54, 1.807) is 12.2 Å². The second-order valence-electron chi connectivity index (χ2n) is 1.85. The van der Waals surface area contributed by atoms with Crippen molar-refractivity contribution < 1.29 is 5.11 Å². The fourth-order valence-corrected chi connectivity index (χ4v) is 0.0913. The summed E-state index contributed by atoms with van der Waals surface area (Å²) in [7, 11) is 0. The van der Waals surface area contributed by atoms with Gasteiger partial charge in [-0.15, -0.1) is 6.58 Å². The van der Waals surface area contributed by atoms with Crippen LogP contribution in [0.15, 0.2) is 37.5 Å². The maximum absolute atomic E-state index is 8.00. The second-order valence-corrected chi connectivity index (χ2v) is 1.85. The predicted molar refractivity (Wildman–Crippen MR) is 46.9 cm³/mol. The molecule has 10 heavy (non-hydrogen) atoms. The smallest absolute Gasteiger partial charge is 0.0465 e. The molecule has 0 unspecified atom stereocenters. The van der Waals surface area contributed by atoms with E-state index >= 15 is 0 Å². The Bertz CT molecular complexity index is 103. The average molecular weight is 140 g/mol. The lowest BCUT2D eigenvalue weighted by Crippen LogP contribution is -1.71. The second kappa shape index (κ2) is 11.0. The van der Waals surface area contributed by atoms with Crippen molar-refractivity contribution in [2.75, 3.05) is 6.61 Å². The maximum Gasteiger partial charge on any atom is 0.0465 e. The molecule has 0 bridgehead atoms. The summed E-state index contributed by atoms with van der Waals surface area (Å²) in [6, 6.07) is 0. The van der Waals surface area contributed by atoms with Crippen molar-refractivity contribution in [2.24, 2.45) is 0 Å². The predicted octanol–water partition coefficient (Wildman–Crippen LogP) is 2.30. The first-order valence-corrected chi connectivity index (χ1v) is 3.18. The minimum Gasteiger partial charge on any atom is -0.396 e. The number of rotatable bonds is 3. The van der Waals surface area contributed by atoms with Crippen LogP contribution in [-0.4, -0.2) is 11.7 Å². The molecular formula is C9H16O. The first-order valence-electron chi connectivity index (χ1n) is 3.18. The van der Waals surface area contributed by atoms with Gasteiger partial charge in [0.15, 0.2) is 0 Å². The monoisotopic (exact) mass is 140 g/mol. The van der Waals surface area contributed by atoms with Gasteiger partial charge in [0.05, 0.1) is 0 Å². The highest BCUT2D eigenvalue weighted by molar-refractivity contribution is 5.05. The summed E-state index contributed by atoms with van der Waals surface area (Å²) in [5.41, 5.74) is 1.02. The molecule has 0 aromatic rings. The van der Waals surface area contributed by atoms with Gasteiger partial charge in [0.2, 0.25) is 0 Å². The molecule has 0 radical (unpaired) electrons. The third-order valence-electron chi connectivity index (χ3n) is 0.682. The SMILES string of the molecule is C=CC(=C)C.C=CCCO. The first-order chi connectivity index (χ1) is 4.68. The molecule has 0 spiro atoms. The lowest BCUT2D eigenvalue weighted by atomic mass is 10.4. The molecule has 0 aliphatic carbocycles. The van der Waals surface area contributed by atoms with Crippen LogP contribution in [0.5, 0.6) is 0 Å². The molecule has 0 aliphatic heterocycles. The number of hydrogen-bond donors (Lipinski definition) is 1. The average Bonchev–Trinajstić information content (AvgIpc) is 1.91. The summed E-state index contributed by atoms with van der Waals surface area (Å²) in [6.45, 7) is 12.5. The van der Waals surface area contributed by atoms with Crippen molar-refractivity contribution in [3.63, 3.8) is 0 Å². The molecule has 0 rings (SSSR count).